The van der Waals surface area contributed by atoms with Gasteiger partial charge in [-0.05, 0) is 12.1 Å². The molecule has 1 heterocycles. The molecule has 0 fully saturated rings. The van der Waals surface area contributed by atoms with Crippen molar-refractivity contribution >= 4 is 22.8 Å². The summed E-state index contributed by atoms with van der Waals surface area (Å²) in [4.78, 5) is 36.0. The molecule has 108 valence electrons. The lowest BCUT2D eigenvalue weighted by atomic mass is 10.1. The van der Waals surface area contributed by atoms with E-state index in [0.717, 1.165) is 4.90 Å². The molecule has 0 aliphatic carbocycles. The molecule has 1 aromatic carbocycles. The van der Waals surface area contributed by atoms with Crippen molar-refractivity contribution < 1.29 is 19.1 Å². The molecule has 2 rings (SSSR count). The Bertz CT molecular complexity index is 762. The highest BCUT2D eigenvalue weighted by Gasteiger charge is 2.21. The van der Waals surface area contributed by atoms with E-state index >= 15 is 0 Å². The number of carboxylic acids is 1. The third kappa shape index (κ3) is 3.17. The molecule has 1 aromatic heterocycles. The average molecular weight is 287 g/mol. The molecule has 0 aliphatic rings. The fourth-order valence-corrected chi connectivity index (χ4v) is 1.92. The maximum atomic E-state index is 12.3. The average Bonchev–Trinajstić information content (AvgIpc) is 2.45. The SMILES string of the molecule is C=CCN(CC(=O)O)C(=O)c1cc2ccccc2oc1=O. The van der Waals surface area contributed by atoms with Crippen LogP contribution in [0.1, 0.15) is 10.4 Å². The molecular formula is C15H13NO5. The summed E-state index contributed by atoms with van der Waals surface area (Å²) in [7, 11) is 0. The van der Waals surface area contributed by atoms with Gasteiger partial charge >= 0.3 is 11.6 Å². The first-order valence-electron chi connectivity index (χ1n) is 6.18. The van der Waals surface area contributed by atoms with Crippen LogP contribution in [-0.4, -0.2) is 35.0 Å². The summed E-state index contributed by atoms with van der Waals surface area (Å²) in [6.07, 6.45) is 1.39. The van der Waals surface area contributed by atoms with Crippen LogP contribution in [0.5, 0.6) is 0 Å². The van der Waals surface area contributed by atoms with Crippen molar-refractivity contribution in [3.05, 3.63) is 59.0 Å². The maximum Gasteiger partial charge on any atom is 0.349 e. The largest absolute Gasteiger partial charge is 0.480 e. The Morgan fingerprint density at radius 2 is 2.05 bits per heavy atom. The standard InChI is InChI=1S/C15H13NO5/c1-2-7-16(9-13(17)18)14(19)11-8-10-5-3-4-6-12(10)21-15(11)20/h2-6,8H,1,7,9H2,(H,17,18). The minimum atomic E-state index is -1.17. The summed E-state index contributed by atoms with van der Waals surface area (Å²) >= 11 is 0. The van der Waals surface area contributed by atoms with Gasteiger partial charge in [0.05, 0.1) is 0 Å². The van der Waals surface area contributed by atoms with Crippen LogP contribution in [0.2, 0.25) is 0 Å². The maximum absolute atomic E-state index is 12.3. The predicted molar refractivity (Wildman–Crippen MR) is 76.2 cm³/mol. The summed E-state index contributed by atoms with van der Waals surface area (Å²) in [6, 6.07) is 8.17. The molecule has 0 spiro atoms. The van der Waals surface area contributed by atoms with E-state index in [0.29, 0.717) is 11.0 Å². The number of rotatable bonds is 5. The number of carboxylic acid groups (broad SMARTS) is 1. The Hall–Kier alpha value is -2.89. The molecule has 2 aromatic rings. The van der Waals surface area contributed by atoms with Gasteiger partial charge in [0.15, 0.2) is 0 Å². The predicted octanol–water partition coefficient (Wildman–Crippen LogP) is 1.51. The van der Waals surface area contributed by atoms with E-state index in [1.54, 1.807) is 24.3 Å². The molecule has 0 saturated heterocycles. The Kier molecular flexibility index (Phi) is 4.18. The lowest BCUT2D eigenvalue weighted by Gasteiger charge is -2.18. The van der Waals surface area contributed by atoms with Gasteiger partial charge < -0.3 is 14.4 Å². The second-order valence-electron chi connectivity index (χ2n) is 4.35. The molecule has 6 nitrogen and oxygen atoms in total. The van der Waals surface area contributed by atoms with Crippen molar-refractivity contribution in [1.82, 2.24) is 4.90 Å². The Morgan fingerprint density at radius 3 is 2.71 bits per heavy atom. The molecule has 0 radical (unpaired) electrons. The van der Waals surface area contributed by atoms with Crippen LogP contribution >= 0.6 is 0 Å². The van der Waals surface area contributed by atoms with Gasteiger partial charge in [-0.3, -0.25) is 9.59 Å². The first-order chi connectivity index (χ1) is 10.0. The van der Waals surface area contributed by atoms with Gasteiger partial charge in [0.2, 0.25) is 0 Å². The number of para-hydroxylation sites is 1. The van der Waals surface area contributed by atoms with Crippen molar-refractivity contribution in [1.29, 1.82) is 0 Å². The van der Waals surface area contributed by atoms with E-state index in [4.69, 9.17) is 9.52 Å². The summed E-state index contributed by atoms with van der Waals surface area (Å²) in [5, 5.41) is 9.41. The van der Waals surface area contributed by atoms with Crippen LogP contribution in [0.25, 0.3) is 11.0 Å². The Morgan fingerprint density at radius 1 is 1.33 bits per heavy atom. The molecule has 1 N–H and O–H groups in total. The van der Waals surface area contributed by atoms with Gasteiger partial charge in [-0.1, -0.05) is 24.3 Å². The highest BCUT2D eigenvalue weighted by Crippen LogP contribution is 2.13. The monoisotopic (exact) mass is 287 g/mol. The van der Waals surface area contributed by atoms with Crippen LogP contribution in [0, 0.1) is 0 Å². The highest BCUT2D eigenvalue weighted by molar-refractivity contribution is 5.98. The molecule has 21 heavy (non-hydrogen) atoms. The van der Waals surface area contributed by atoms with Crippen molar-refractivity contribution in [3.8, 4) is 0 Å². The van der Waals surface area contributed by atoms with Gasteiger partial charge in [-0.15, -0.1) is 6.58 Å². The fraction of sp³-hybridized carbons (Fsp3) is 0.133. The van der Waals surface area contributed by atoms with E-state index in [1.807, 2.05) is 0 Å². The summed E-state index contributed by atoms with van der Waals surface area (Å²) in [5.74, 6) is -1.87. The van der Waals surface area contributed by atoms with Crippen LogP contribution in [0.15, 0.2) is 52.2 Å². The summed E-state index contributed by atoms with van der Waals surface area (Å²) in [6.45, 7) is 2.98. The number of hydrogen-bond donors (Lipinski definition) is 1. The van der Waals surface area contributed by atoms with Crippen molar-refractivity contribution in [3.63, 3.8) is 0 Å². The summed E-state index contributed by atoms with van der Waals surface area (Å²) < 4.78 is 5.07. The molecule has 0 saturated carbocycles. The van der Waals surface area contributed by atoms with Crippen molar-refractivity contribution in [2.45, 2.75) is 0 Å². The third-order valence-electron chi connectivity index (χ3n) is 2.83. The molecule has 6 heteroatoms. The first kappa shape index (κ1) is 14.5. The lowest BCUT2D eigenvalue weighted by molar-refractivity contribution is -0.137. The molecule has 0 aliphatic heterocycles. The quantitative estimate of drug-likeness (QED) is 0.665. The number of fused-ring (bicyclic) bond motifs is 1. The molecule has 0 unspecified atom stereocenters. The fourth-order valence-electron chi connectivity index (χ4n) is 1.92. The normalized spacial score (nSPS) is 10.3. The Labute approximate surface area is 119 Å². The van der Waals surface area contributed by atoms with Crippen LogP contribution < -0.4 is 5.63 Å². The molecule has 1 amide bonds. The molecule has 0 atom stereocenters. The number of carbonyl (C=O) groups is 2. The second kappa shape index (κ2) is 6.04. The van der Waals surface area contributed by atoms with Crippen LogP contribution in [0.4, 0.5) is 0 Å². The van der Waals surface area contributed by atoms with Crippen molar-refractivity contribution in [2.24, 2.45) is 0 Å². The minimum absolute atomic E-state index is 0.0252. The number of aliphatic carboxylic acids is 1. The van der Waals surface area contributed by atoms with Gasteiger partial charge in [0.25, 0.3) is 5.91 Å². The van der Waals surface area contributed by atoms with Crippen LogP contribution in [-0.2, 0) is 4.79 Å². The molecular weight excluding hydrogens is 274 g/mol. The van der Waals surface area contributed by atoms with Crippen molar-refractivity contribution in [2.75, 3.05) is 13.1 Å². The van der Waals surface area contributed by atoms with Gasteiger partial charge in [-0.2, -0.15) is 0 Å². The van der Waals surface area contributed by atoms with E-state index in [9.17, 15) is 14.4 Å². The lowest BCUT2D eigenvalue weighted by Crippen LogP contribution is -2.37. The number of amides is 1. The van der Waals surface area contributed by atoms with Crippen LogP contribution in [0.3, 0.4) is 0 Å². The van der Waals surface area contributed by atoms with E-state index in [1.165, 1.54) is 12.1 Å². The minimum Gasteiger partial charge on any atom is -0.480 e. The van der Waals surface area contributed by atoms with E-state index < -0.39 is 24.0 Å². The topological polar surface area (TPSA) is 87.8 Å². The Balaban J connectivity index is 2.45. The summed E-state index contributed by atoms with van der Waals surface area (Å²) in [5.41, 5.74) is -0.623. The number of hydrogen-bond acceptors (Lipinski definition) is 4. The van der Waals surface area contributed by atoms with Gasteiger partial charge in [0.1, 0.15) is 17.7 Å². The van der Waals surface area contributed by atoms with Gasteiger partial charge in [-0.25, -0.2) is 4.79 Å². The van der Waals surface area contributed by atoms with E-state index in [2.05, 4.69) is 6.58 Å². The highest BCUT2D eigenvalue weighted by atomic mass is 16.4. The number of benzene rings is 1. The van der Waals surface area contributed by atoms with E-state index in [-0.39, 0.29) is 12.1 Å². The smallest absolute Gasteiger partial charge is 0.349 e. The first-order valence-corrected chi connectivity index (χ1v) is 6.18. The zero-order valence-electron chi connectivity index (χ0n) is 11.1. The number of carbonyl (C=O) groups excluding carboxylic acids is 1. The second-order valence-corrected chi connectivity index (χ2v) is 4.35. The zero-order valence-corrected chi connectivity index (χ0v) is 11.1. The zero-order chi connectivity index (χ0) is 15.4. The van der Waals surface area contributed by atoms with Gasteiger partial charge in [0, 0.05) is 11.9 Å². The number of nitrogens with zero attached hydrogens (tertiary/aromatic N) is 1. The third-order valence-corrected chi connectivity index (χ3v) is 2.83. The molecule has 0 bridgehead atoms.